The van der Waals surface area contributed by atoms with E-state index in [0.29, 0.717) is 11.4 Å². The van der Waals surface area contributed by atoms with E-state index in [9.17, 15) is 4.79 Å². The number of nitrogens with zero attached hydrogens (tertiary/aromatic N) is 1. The first-order valence-corrected chi connectivity index (χ1v) is 3.69. The van der Waals surface area contributed by atoms with Crippen molar-refractivity contribution < 1.29 is 4.79 Å². The summed E-state index contributed by atoms with van der Waals surface area (Å²) in [5.74, 6) is 0.432. The highest BCUT2D eigenvalue weighted by Gasteiger charge is 1.98. The van der Waals surface area contributed by atoms with Crippen molar-refractivity contribution in [3.63, 3.8) is 0 Å². The van der Waals surface area contributed by atoms with Gasteiger partial charge in [0.25, 0.3) is 0 Å². The number of aromatic nitrogens is 1. The van der Waals surface area contributed by atoms with E-state index in [-0.39, 0.29) is 3.79 Å². The van der Waals surface area contributed by atoms with Gasteiger partial charge >= 0.3 is 0 Å². The van der Waals surface area contributed by atoms with Crippen LogP contribution in [0.15, 0.2) is 18.3 Å². The lowest BCUT2D eigenvalue weighted by Crippen LogP contribution is -1.92. The smallest absolute Gasteiger partial charge is 0.223 e. The van der Waals surface area contributed by atoms with Gasteiger partial charge in [-0.15, -0.1) is 0 Å². The molecule has 10 heavy (non-hydrogen) atoms. The molecule has 0 amide bonds. The van der Waals surface area contributed by atoms with Gasteiger partial charge in [-0.05, 0) is 12.1 Å². The molecule has 0 aromatic carbocycles. The Balaban J connectivity index is 3.00. The molecule has 0 unspecified atom stereocenters. The zero-order chi connectivity index (χ0) is 7.56. The van der Waals surface area contributed by atoms with Crippen molar-refractivity contribution in [1.29, 1.82) is 0 Å². The van der Waals surface area contributed by atoms with Gasteiger partial charge in [0.05, 0.1) is 0 Å². The van der Waals surface area contributed by atoms with Gasteiger partial charge < -0.3 is 5.73 Å². The van der Waals surface area contributed by atoms with E-state index in [2.05, 4.69) is 4.98 Å². The average molecular weight is 248 g/mol. The Kier molecular flexibility index (Phi) is 2.21. The molecule has 4 heteroatoms. The fourth-order valence-corrected chi connectivity index (χ4v) is 0.841. The minimum Gasteiger partial charge on any atom is -0.384 e. The maximum absolute atomic E-state index is 10.7. The van der Waals surface area contributed by atoms with Crippen LogP contribution in [0.25, 0.3) is 0 Å². The number of anilines is 1. The lowest BCUT2D eigenvalue weighted by atomic mass is 10.3. The standard InChI is InChI=1S/C6H5IN2O/c7-6(10)4-1-2-5(8)9-3-4/h1-3H,(H2,8,9). The minimum atomic E-state index is -0.0231. The molecule has 52 valence electrons. The lowest BCUT2D eigenvalue weighted by Gasteiger charge is -1.92. The van der Waals surface area contributed by atoms with Crippen molar-refractivity contribution >= 4 is 32.2 Å². The molecule has 2 N–H and O–H groups in total. The van der Waals surface area contributed by atoms with Crippen molar-refractivity contribution in [2.75, 3.05) is 5.73 Å². The Labute approximate surface area is 71.8 Å². The molecule has 1 aromatic rings. The zero-order valence-electron chi connectivity index (χ0n) is 5.04. The quantitative estimate of drug-likeness (QED) is 0.600. The number of nitrogen functional groups attached to an aromatic ring is 1. The van der Waals surface area contributed by atoms with Crippen LogP contribution in [0, 0.1) is 0 Å². The molecule has 1 aromatic heterocycles. The molecule has 0 aliphatic heterocycles. The molecule has 3 nitrogen and oxygen atoms in total. The summed E-state index contributed by atoms with van der Waals surface area (Å²) in [5, 5.41) is 0. The predicted octanol–water partition coefficient (Wildman–Crippen LogP) is 1.24. The van der Waals surface area contributed by atoms with Crippen LogP contribution in [0.3, 0.4) is 0 Å². The van der Waals surface area contributed by atoms with Crippen molar-refractivity contribution in [3.8, 4) is 0 Å². The van der Waals surface area contributed by atoms with Crippen molar-refractivity contribution in [2.24, 2.45) is 0 Å². The van der Waals surface area contributed by atoms with Gasteiger partial charge in [-0.1, -0.05) is 0 Å². The van der Waals surface area contributed by atoms with Crippen LogP contribution >= 0.6 is 22.6 Å². The van der Waals surface area contributed by atoms with E-state index in [1.54, 1.807) is 34.7 Å². The van der Waals surface area contributed by atoms with Crippen molar-refractivity contribution in [3.05, 3.63) is 23.9 Å². The summed E-state index contributed by atoms with van der Waals surface area (Å²) in [6.07, 6.45) is 1.46. The molecule has 0 atom stereocenters. The molecule has 1 rings (SSSR count). The summed E-state index contributed by atoms with van der Waals surface area (Å²) in [6.45, 7) is 0. The average Bonchev–Trinajstić information content (AvgIpc) is 1.88. The molecule has 0 fully saturated rings. The van der Waals surface area contributed by atoms with E-state index < -0.39 is 0 Å². The summed E-state index contributed by atoms with van der Waals surface area (Å²) >= 11 is 1.70. The second-order valence-corrected chi connectivity index (χ2v) is 2.73. The van der Waals surface area contributed by atoms with Gasteiger partial charge in [-0.2, -0.15) is 0 Å². The predicted molar refractivity (Wildman–Crippen MR) is 47.0 cm³/mol. The third-order valence-electron chi connectivity index (χ3n) is 1.01. The SMILES string of the molecule is Nc1ccc(C(=O)I)cn1. The third-order valence-corrected chi connectivity index (χ3v) is 1.64. The van der Waals surface area contributed by atoms with Gasteiger partial charge in [0.2, 0.25) is 3.79 Å². The maximum Gasteiger partial charge on any atom is 0.223 e. The Morgan fingerprint density at radius 1 is 1.60 bits per heavy atom. The number of carbonyl (C=O) groups is 1. The van der Waals surface area contributed by atoms with E-state index in [4.69, 9.17) is 5.73 Å². The fraction of sp³-hybridized carbons (Fsp3) is 0. The summed E-state index contributed by atoms with van der Waals surface area (Å²) in [5.41, 5.74) is 5.88. The van der Waals surface area contributed by atoms with E-state index in [1.807, 2.05) is 0 Å². The number of carbonyl (C=O) groups excluding carboxylic acids is 1. The number of nitrogens with two attached hydrogens (primary N) is 1. The number of pyridine rings is 1. The molecule has 0 radical (unpaired) electrons. The van der Waals surface area contributed by atoms with E-state index >= 15 is 0 Å². The fourth-order valence-electron chi connectivity index (χ4n) is 0.522. The Bertz CT molecular complexity index is 244. The second kappa shape index (κ2) is 2.96. The van der Waals surface area contributed by atoms with Crippen LogP contribution in [0.2, 0.25) is 0 Å². The summed E-state index contributed by atoms with van der Waals surface area (Å²) in [6, 6.07) is 3.25. The summed E-state index contributed by atoms with van der Waals surface area (Å²) in [4.78, 5) is 14.4. The lowest BCUT2D eigenvalue weighted by molar-refractivity contribution is 0.110. The van der Waals surface area contributed by atoms with Crippen LogP contribution < -0.4 is 5.73 Å². The Morgan fingerprint density at radius 3 is 2.70 bits per heavy atom. The molecule has 0 aliphatic carbocycles. The number of hydrogen-bond acceptors (Lipinski definition) is 3. The van der Waals surface area contributed by atoms with Crippen LogP contribution in [0.4, 0.5) is 5.82 Å². The third kappa shape index (κ3) is 1.66. The number of halogens is 1. The molecule has 1 heterocycles. The molecule has 0 bridgehead atoms. The number of hydrogen-bond donors (Lipinski definition) is 1. The van der Waals surface area contributed by atoms with Gasteiger partial charge in [-0.25, -0.2) is 4.98 Å². The van der Waals surface area contributed by atoms with Crippen LogP contribution in [-0.4, -0.2) is 8.77 Å². The van der Waals surface area contributed by atoms with Crippen molar-refractivity contribution in [2.45, 2.75) is 0 Å². The van der Waals surface area contributed by atoms with Crippen LogP contribution in [0.1, 0.15) is 10.4 Å². The highest BCUT2D eigenvalue weighted by atomic mass is 127. The molecule has 0 saturated heterocycles. The number of rotatable bonds is 1. The monoisotopic (exact) mass is 248 g/mol. The first-order valence-electron chi connectivity index (χ1n) is 2.61. The first-order chi connectivity index (χ1) is 4.70. The highest BCUT2D eigenvalue weighted by molar-refractivity contribution is 14.1. The van der Waals surface area contributed by atoms with Crippen molar-refractivity contribution in [1.82, 2.24) is 4.98 Å². The molecular weight excluding hydrogens is 243 g/mol. The molecule has 0 saturated carbocycles. The topological polar surface area (TPSA) is 56.0 Å². The minimum absolute atomic E-state index is 0.0231. The van der Waals surface area contributed by atoms with Crippen LogP contribution in [0.5, 0.6) is 0 Å². The maximum atomic E-state index is 10.7. The van der Waals surface area contributed by atoms with E-state index in [1.165, 1.54) is 6.20 Å². The molecule has 0 spiro atoms. The van der Waals surface area contributed by atoms with E-state index in [0.717, 1.165) is 0 Å². The van der Waals surface area contributed by atoms with Gasteiger partial charge in [-0.3, -0.25) is 4.79 Å². The Morgan fingerprint density at radius 2 is 2.30 bits per heavy atom. The van der Waals surface area contributed by atoms with Gasteiger partial charge in [0.15, 0.2) is 0 Å². The van der Waals surface area contributed by atoms with Gasteiger partial charge in [0.1, 0.15) is 5.82 Å². The molecule has 0 aliphatic rings. The summed E-state index contributed by atoms with van der Waals surface area (Å²) in [7, 11) is 0. The molecular formula is C6H5IN2O. The first kappa shape index (κ1) is 7.46. The summed E-state index contributed by atoms with van der Waals surface area (Å²) < 4.78 is -0.0231. The second-order valence-electron chi connectivity index (χ2n) is 1.75. The van der Waals surface area contributed by atoms with Gasteiger partial charge in [0, 0.05) is 34.4 Å². The normalized spacial score (nSPS) is 9.30. The van der Waals surface area contributed by atoms with Crippen LogP contribution in [-0.2, 0) is 0 Å². The largest absolute Gasteiger partial charge is 0.384 e. The zero-order valence-corrected chi connectivity index (χ0v) is 7.20. The Hall–Kier alpha value is -0.650. The highest BCUT2D eigenvalue weighted by Crippen LogP contribution is 2.05.